The number of rotatable bonds is 3. The van der Waals surface area contributed by atoms with E-state index in [2.05, 4.69) is 5.32 Å². The Morgan fingerprint density at radius 3 is 2.32 bits per heavy atom. The van der Waals surface area contributed by atoms with Crippen LogP contribution in [-0.4, -0.2) is 35.7 Å². The first-order chi connectivity index (χ1) is 9.20. The number of piperidine rings is 1. The summed E-state index contributed by atoms with van der Waals surface area (Å²) in [5.74, 6) is -0.263. The van der Waals surface area contributed by atoms with Crippen molar-refractivity contribution in [2.24, 2.45) is 0 Å². The third-order valence-corrected chi connectivity index (χ3v) is 3.42. The number of benzene rings is 1. The quantitative estimate of drug-likeness (QED) is 0.865. The molecule has 0 spiro atoms. The molecule has 1 saturated heterocycles. The first-order valence-electron chi connectivity index (χ1n) is 6.46. The predicted molar refractivity (Wildman–Crippen MR) is 75.5 cm³/mol. The molecule has 1 aliphatic rings. The van der Waals surface area contributed by atoms with Crippen molar-refractivity contribution in [2.75, 3.05) is 24.3 Å². The second kappa shape index (κ2) is 6.57. The molecule has 5 heteroatoms. The first kappa shape index (κ1) is 13.9. The van der Waals surface area contributed by atoms with Gasteiger partial charge in [0.05, 0.1) is 0 Å². The van der Waals surface area contributed by atoms with Crippen LogP contribution in [0.15, 0.2) is 24.3 Å². The molecule has 4 nitrogen and oxygen atoms in total. The number of alkyl halides is 1. The molecule has 1 aromatic rings. The van der Waals surface area contributed by atoms with Crippen molar-refractivity contribution >= 4 is 29.1 Å². The van der Waals surface area contributed by atoms with E-state index in [1.54, 1.807) is 24.3 Å². The van der Waals surface area contributed by atoms with Gasteiger partial charge in [0.2, 0.25) is 5.91 Å². The Morgan fingerprint density at radius 1 is 1.11 bits per heavy atom. The summed E-state index contributed by atoms with van der Waals surface area (Å²) in [6.45, 7) is 1.67. The minimum atomic E-state index is -0.253. The first-order valence-corrected chi connectivity index (χ1v) is 6.99. The number of nitrogens with one attached hydrogen (secondary N) is 1. The van der Waals surface area contributed by atoms with Gasteiger partial charge in [-0.2, -0.15) is 0 Å². The number of anilines is 1. The summed E-state index contributed by atoms with van der Waals surface area (Å²) in [7, 11) is 0. The van der Waals surface area contributed by atoms with E-state index in [-0.39, 0.29) is 17.7 Å². The standard InChI is InChI=1S/C14H17ClN2O2/c15-10-13(18)16-12-6-4-11(5-7-12)14(19)17-8-2-1-3-9-17/h4-7H,1-3,8-10H2,(H,16,18). The Morgan fingerprint density at radius 2 is 1.74 bits per heavy atom. The number of carbonyl (C=O) groups is 2. The normalized spacial score (nSPS) is 15.1. The van der Waals surface area contributed by atoms with Crippen LogP contribution in [0.5, 0.6) is 0 Å². The molecule has 0 aliphatic carbocycles. The van der Waals surface area contributed by atoms with E-state index in [4.69, 9.17) is 11.6 Å². The van der Waals surface area contributed by atoms with Crippen LogP contribution < -0.4 is 5.32 Å². The summed E-state index contributed by atoms with van der Waals surface area (Å²) in [6, 6.07) is 6.92. The van der Waals surface area contributed by atoms with Gasteiger partial charge in [-0.1, -0.05) is 0 Å². The summed E-state index contributed by atoms with van der Waals surface area (Å²) < 4.78 is 0. The Labute approximate surface area is 117 Å². The zero-order valence-corrected chi connectivity index (χ0v) is 11.4. The largest absolute Gasteiger partial charge is 0.339 e. The fourth-order valence-electron chi connectivity index (χ4n) is 2.17. The molecule has 0 radical (unpaired) electrons. The number of likely N-dealkylation sites (tertiary alicyclic amines) is 1. The number of hydrogen-bond donors (Lipinski definition) is 1. The van der Waals surface area contributed by atoms with E-state index in [0.717, 1.165) is 25.9 Å². The zero-order chi connectivity index (χ0) is 13.7. The molecule has 1 aromatic carbocycles. The molecule has 2 amide bonds. The highest BCUT2D eigenvalue weighted by molar-refractivity contribution is 6.29. The zero-order valence-electron chi connectivity index (χ0n) is 10.7. The van der Waals surface area contributed by atoms with Crippen molar-refractivity contribution in [1.82, 2.24) is 4.90 Å². The van der Waals surface area contributed by atoms with E-state index >= 15 is 0 Å². The van der Waals surface area contributed by atoms with Crippen molar-refractivity contribution in [3.05, 3.63) is 29.8 Å². The molecular weight excluding hydrogens is 264 g/mol. The molecule has 1 aliphatic heterocycles. The van der Waals surface area contributed by atoms with Gasteiger partial charge in [0, 0.05) is 24.3 Å². The van der Waals surface area contributed by atoms with Crippen LogP contribution in [-0.2, 0) is 4.79 Å². The van der Waals surface area contributed by atoms with Gasteiger partial charge >= 0.3 is 0 Å². The van der Waals surface area contributed by atoms with Gasteiger partial charge in [-0.3, -0.25) is 9.59 Å². The molecular formula is C14H17ClN2O2. The van der Waals surface area contributed by atoms with Gasteiger partial charge in [-0.05, 0) is 43.5 Å². The topological polar surface area (TPSA) is 49.4 Å². The monoisotopic (exact) mass is 280 g/mol. The maximum Gasteiger partial charge on any atom is 0.253 e. The van der Waals surface area contributed by atoms with Gasteiger partial charge < -0.3 is 10.2 Å². The summed E-state index contributed by atoms with van der Waals surface area (Å²) in [5.41, 5.74) is 1.31. The van der Waals surface area contributed by atoms with Crippen LogP contribution in [0.3, 0.4) is 0 Å². The lowest BCUT2D eigenvalue weighted by Crippen LogP contribution is -2.35. The second-order valence-electron chi connectivity index (χ2n) is 4.61. The van der Waals surface area contributed by atoms with Crippen LogP contribution >= 0.6 is 11.6 Å². The van der Waals surface area contributed by atoms with Crippen molar-refractivity contribution in [2.45, 2.75) is 19.3 Å². The molecule has 19 heavy (non-hydrogen) atoms. The third-order valence-electron chi connectivity index (χ3n) is 3.18. The average Bonchev–Trinajstić information content (AvgIpc) is 2.48. The van der Waals surface area contributed by atoms with E-state index in [0.29, 0.717) is 11.3 Å². The highest BCUT2D eigenvalue weighted by Crippen LogP contribution is 2.15. The molecule has 0 atom stereocenters. The fourth-order valence-corrected chi connectivity index (χ4v) is 2.24. The molecule has 102 valence electrons. The predicted octanol–water partition coefficient (Wildman–Crippen LogP) is 2.49. The van der Waals surface area contributed by atoms with Gasteiger partial charge in [0.1, 0.15) is 5.88 Å². The minimum Gasteiger partial charge on any atom is -0.339 e. The lowest BCUT2D eigenvalue weighted by atomic mass is 10.1. The molecule has 1 heterocycles. The van der Waals surface area contributed by atoms with Crippen LogP contribution in [0.4, 0.5) is 5.69 Å². The van der Waals surface area contributed by atoms with Gasteiger partial charge in [-0.15, -0.1) is 11.6 Å². The maximum atomic E-state index is 12.2. The van der Waals surface area contributed by atoms with Gasteiger partial charge in [0.15, 0.2) is 0 Å². The minimum absolute atomic E-state index is 0.0647. The highest BCUT2D eigenvalue weighted by atomic mass is 35.5. The van der Waals surface area contributed by atoms with Gasteiger partial charge in [-0.25, -0.2) is 0 Å². The number of nitrogens with zero attached hydrogens (tertiary/aromatic N) is 1. The molecule has 0 aromatic heterocycles. The Balaban J connectivity index is 2.01. The van der Waals surface area contributed by atoms with E-state index in [9.17, 15) is 9.59 Å². The summed E-state index contributed by atoms with van der Waals surface area (Å²) in [5, 5.41) is 2.64. The number of hydrogen-bond acceptors (Lipinski definition) is 2. The molecule has 0 bridgehead atoms. The number of amides is 2. The Kier molecular flexibility index (Phi) is 4.80. The van der Waals surface area contributed by atoms with Crippen LogP contribution in [0.1, 0.15) is 29.6 Å². The van der Waals surface area contributed by atoms with E-state index in [1.165, 1.54) is 6.42 Å². The van der Waals surface area contributed by atoms with Crippen molar-refractivity contribution < 1.29 is 9.59 Å². The Hall–Kier alpha value is -1.55. The summed E-state index contributed by atoms with van der Waals surface area (Å²) in [6.07, 6.45) is 3.36. The third kappa shape index (κ3) is 3.70. The number of carbonyl (C=O) groups excluding carboxylic acids is 2. The molecule has 0 unspecified atom stereocenters. The molecule has 1 N–H and O–H groups in total. The average molecular weight is 281 g/mol. The second-order valence-corrected chi connectivity index (χ2v) is 4.88. The SMILES string of the molecule is O=C(CCl)Nc1ccc(C(=O)N2CCCCC2)cc1. The highest BCUT2D eigenvalue weighted by Gasteiger charge is 2.17. The fraction of sp³-hybridized carbons (Fsp3) is 0.429. The van der Waals surface area contributed by atoms with Crippen molar-refractivity contribution in [3.8, 4) is 0 Å². The summed E-state index contributed by atoms with van der Waals surface area (Å²) in [4.78, 5) is 25.2. The smallest absolute Gasteiger partial charge is 0.253 e. The summed E-state index contributed by atoms with van der Waals surface area (Å²) >= 11 is 5.41. The Bertz CT molecular complexity index is 453. The van der Waals surface area contributed by atoms with Crippen LogP contribution in [0.25, 0.3) is 0 Å². The van der Waals surface area contributed by atoms with Gasteiger partial charge in [0.25, 0.3) is 5.91 Å². The lowest BCUT2D eigenvalue weighted by Gasteiger charge is -2.26. The van der Waals surface area contributed by atoms with E-state index in [1.807, 2.05) is 4.90 Å². The molecule has 2 rings (SSSR count). The van der Waals surface area contributed by atoms with Crippen LogP contribution in [0, 0.1) is 0 Å². The van der Waals surface area contributed by atoms with Crippen molar-refractivity contribution in [1.29, 1.82) is 0 Å². The van der Waals surface area contributed by atoms with E-state index < -0.39 is 0 Å². The van der Waals surface area contributed by atoms with Crippen LogP contribution in [0.2, 0.25) is 0 Å². The maximum absolute atomic E-state index is 12.2. The van der Waals surface area contributed by atoms with Crippen molar-refractivity contribution in [3.63, 3.8) is 0 Å². The molecule has 1 fully saturated rings. The molecule has 0 saturated carbocycles. The number of halogens is 1. The lowest BCUT2D eigenvalue weighted by molar-refractivity contribution is -0.113.